The van der Waals surface area contributed by atoms with Crippen molar-refractivity contribution in [3.63, 3.8) is 0 Å². The average Bonchev–Trinajstić information content (AvgIpc) is 2.46. The lowest BCUT2D eigenvalue weighted by Gasteiger charge is -2.44. The number of aryl methyl sites for hydroxylation is 1. The second-order valence-corrected chi connectivity index (χ2v) is 5.90. The van der Waals surface area contributed by atoms with E-state index < -0.39 is 0 Å². The van der Waals surface area contributed by atoms with Gasteiger partial charge in [0.1, 0.15) is 0 Å². The maximum absolute atomic E-state index is 3.75. The van der Waals surface area contributed by atoms with E-state index >= 15 is 0 Å². The van der Waals surface area contributed by atoms with E-state index in [0.717, 1.165) is 19.0 Å². The van der Waals surface area contributed by atoms with Crippen LogP contribution < -0.4 is 10.2 Å². The van der Waals surface area contributed by atoms with Gasteiger partial charge < -0.3 is 10.2 Å². The number of nitrogens with one attached hydrogen (secondary N) is 1. The van der Waals surface area contributed by atoms with Crippen LogP contribution in [0.2, 0.25) is 0 Å². The molecule has 1 fully saturated rings. The van der Waals surface area contributed by atoms with Gasteiger partial charge in [0.05, 0.1) is 0 Å². The van der Waals surface area contributed by atoms with E-state index in [9.17, 15) is 0 Å². The van der Waals surface area contributed by atoms with Gasteiger partial charge in [-0.25, -0.2) is 0 Å². The van der Waals surface area contributed by atoms with Crippen molar-refractivity contribution in [2.75, 3.05) is 18.0 Å². The smallest absolute Gasteiger partial charge is 0.0412 e. The molecule has 1 aromatic rings. The predicted octanol–water partition coefficient (Wildman–Crippen LogP) is 3.60. The first-order valence-corrected chi connectivity index (χ1v) is 7.73. The Kier molecular flexibility index (Phi) is 4.87. The SMILES string of the molecule is CCC(C)C1CN(c2ccccc2C)C(CC)CN1. The topological polar surface area (TPSA) is 15.3 Å². The van der Waals surface area contributed by atoms with E-state index in [-0.39, 0.29) is 0 Å². The Morgan fingerprint density at radius 1 is 1.32 bits per heavy atom. The lowest BCUT2D eigenvalue weighted by atomic mass is 9.94. The van der Waals surface area contributed by atoms with Crippen molar-refractivity contribution < 1.29 is 0 Å². The summed E-state index contributed by atoms with van der Waals surface area (Å²) in [6.45, 7) is 11.4. The third-order valence-corrected chi connectivity index (χ3v) is 4.68. The quantitative estimate of drug-likeness (QED) is 0.890. The fourth-order valence-corrected chi connectivity index (χ4v) is 3.03. The summed E-state index contributed by atoms with van der Waals surface area (Å²) in [6, 6.07) is 10.0. The molecule has 0 spiro atoms. The van der Waals surface area contributed by atoms with Crippen LogP contribution in [0, 0.1) is 12.8 Å². The second-order valence-electron chi connectivity index (χ2n) is 5.90. The first kappa shape index (κ1) is 14.4. The molecule has 2 heteroatoms. The fourth-order valence-electron chi connectivity index (χ4n) is 3.03. The number of piperazine rings is 1. The van der Waals surface area contributed by atoms with Crippen LogP contribution in [0.3, 0.4) is 0 Å². The molecule has 0 aliphatic carbocycles. The van der Waals surface area contributed by atoms with Gasteiger partial charge in [-0.15, -0.1) is 0 Å². The van der Waals surface area contributed by atoms with E-state index in [1.807, 2.05) is 0 Å². The van der Waals surface area contributed by atoms with Gasteiger partial charge in [-0.3, -0.25) is 0 Å². The fraction of sp³-hybridized carbons (Fsp3) is 0.647. The van der Waals surface area contributed by atoms with Crippen molar-refractivity contribution in [3.8, 4) is 0 Å². The molecule has 3 unspecified atom stereocenters. The molecular weight excluding hydrogens is 232 g/mol. The van der Waals surface area contributed by atoms with Crippen molar-refractivity contribution in [1.29, 1.82) is 0 Å². The van der Waals surface area contributed by atoms with Crippen LogP contribution in [-0.2, 0) is 0 Å². The zero-order valence-corrected chi connectivity index (χ0v) is 12.8. The highest BCUT2D eigenvalue weighted by molar-refractivity contribution is 5.54. The summed E-state index contributed by atoms with van der Waals surface area (Å²) in [5, 5.41) is 3.75. The number of anilines is 1. The van der Waals surface area contributed by atoms with Crippen molar-refractivity contribution in [2.24, 2.45) is 5.92 Å². The predicted molar refractivity (Wildman–Crippen MR) is 83.8 cm³/mol. The summed E-state index contributed by atoms with van der Waals surface area (Å²) in [7, 11) is 0. The van der Waals surface area contributed by atoms with Gasteiger partial charge >= 0.3 is 0 Å². The van der Waals surface area contributed by atoms with E-state index in [2.05, 4.69) is 62.2 Å². The molecule has 0 aromatic heterocycles. The lowest BCUT2D eigenvalue weighted by Crippen LogP contribution is -2.58. The highest BCUT2D eigenvalue weighted by Crippen LogP contribution is 2.26. The molecule has 1 saturated heterocycles. The van der Waals surface area contributed by atoms with Gasteiger partial charge in [-0.2, -0.15) is 0 Å². The van der Waals surface area contributed by atoms with Gasteiger partial charge in [-0.05, 0) is 30.9 Å². The van der Waals surface area contributed by atoms with Gasteiger partial charge in [0.2, 0.25) is 0 Å². The highest BCUT2D eigenvalue weighted by atomic mass is 15.2. The molecule has 0 radical (unpaired) electrons. The summed E-state index contributed by atoms with van der Waals surface area (Å²) < 4.78 is 0. The van der Waals surface area contributed by atoms with Gasteiger partial charge in [-0.1, -0.05) is 45.4 Å². The average molecular weight is 260 g/mol. The summed E-state index contributed by atoms with van der Waals surface area (Å²) in [4.78, 5) is 2.63. The van der Waals surface area contributed by atoms with Gasteiger partial charge in [0.15, 0.2) is 0 Å². The third kappa shape index (κ3) is 3.11. The lowest BCUT2D eigenvalue weighted by molar-refractivity contribution is 0.306. The van der Waals surface area contributed by atoms with Crippen LogP contribution in [0.4, 0.5) is 5.69 Å². The number of hydrogen-bond acceptors (Lipinski definition) is 2. The Labute approximate surface area is 118 Å². The maximum atomic E-state index is 3.75. The number of benzene rings is 1. The van der Waals surface area contributed by atoms with E-state index in [4.69, 9.17) is 0 Å². The third-order valence-electron chi connectivity index (χ3n) is 4.68. The first-order valence-electron chi connectivity index (χ1n) is 7.73. The highest BCUT2D eigenvalue weighted by Gasteiger charge is 2.29. The minimum atomic E-state index is 0.618. The van der Waals surface area contributed by atoms with Crippen molar-refractivity contribution in [3.05, 3.63) is 29.8 Å². The zero-order chi connectivity index (χ0) is 13.8. The number of nitrogens with zero attached hydrogens (tertiary/aromatic N) is 1. The Morgan fingerprint density at radius 3 is 2.68 bits per heavy atom. The zero-order valence-electron chi connectivity index (χ0n) is 12.8. The molecule has 0 bridgehead atoms. The normalized spacial score (nSPS) is 25.4. The Morgan fingerprint density at radius 2 is 2.05 bits per heavy atom. The minimum absolute atomic E-state index is 0.618. The van der Waals surface area contributed by atoms with Crippen LogP contribution in [0.25, 0.3) is 0 Å². The molecule has 0 amide bonds. The molecule has 1 N–H and O–H groups in total. The van der Waals surface area contributed by atoms with Crippen LogP contribution in [0.5, 0.6) is 0 Å². The largest absolute Gasteiger partial charge is 0.365 e. The van der Waals surface area contributed by atoms with Gasteiger partial charge in [0.25, 0.3) is 0 Å². The summed E-state index contributed by atoms with van der Waals surface area (Å²) in [6.07, 6.45) is 2.45. The molecule has 2 rings (SSSR count). The van der Waals surface area contributed by atoms with E-state index in [0.29, 0.717) is 12.1 Å². The number of para-hydroxylation sites is 1. The molecule has 1 aliphatic heterocycles. The Hall–Kier alpha value is -1.02. The summed E-state index contributed by atoms with van der Waals surface area (Å²) in [5.74, 6) is 0.740. The van der Waals surface area contributed by atoms with Gasteiger partial charge in [0, 0.05) is 30.9 Å². The van der Waals surface area contributed by atoms with Crippen LogP contribution >= 0.6 is 0 Å². The van der Waals surface area contributed by atoms with E-state index in [1.165, 1.54) is 24.1 Å². The molecule has 106 valence electrons. The Bertz CT molecular complexity index is 402. The van der Waals surface area contributed by atoms with Crippen LogP contribution in [0.15, 0.2) is 24.3 Å². The monoisotopic (exact) mass is 260 g/mol. The first-order chi connectivity index (χ1) is 9.17. The molecule has 1 heterocycles. The number of hydrogen-bond donors (Lipinski definition) is 1. The molecule has 3 atom stereocenters. The maximum Gasteiger partial charge on any atom is 0.0412 e. The molecule has 1 aromatic carbocycles. The van der Waals surface area contributed by atoms with Crippen molar-refractivity contribution >= 4 is 5.69 Å². The second kappa shape index (κ2) is 6.42. The minimum Gasteiger partial charge on any atom is -0.365 e. The summed E-state index contributed by atoms with van der Waals surface area (Å²) in [5.41, 5.74) is 2.81. The van der Waals surface area contributed by atoms with E-state index in [1.54, 1.807) is 0 Å². The Balaban J connectivity index is 2.21. The van der Waals surface area contributed by atoms with Crippen molar-refractivity contribution in [1.82, 2.24) is 5.32 Å². The standard InChI is InChI=1S/C17H28N2/c1-5-13(3)16-12-19(15(6-2)11-18-16)17-10-8-7-9-14(17)4/h7-10,13,15-16,18H,5-6,11-12H2,1-4H3. The van der Waals surface area contributed by atoms with Crippen LogP contribution in [0.1, 0.15) is 39.2 Å². The number of rotatable bonds is 4. The van der Waals surface area contributed by atoms with Crippen molar-refractivity contribution in [2.45, 2.75) is 52.6 Å². The summed E-state index contributed by atoms with van der Waals surface area (Å²) >= 11 is 0. The molecule has 1 aliphatic rings. The molecular formula is C17H28N2. The molecule has 2 nitrogen and oxygen atoms in total. The molecule has 19 heavy (non-hydrogen) atoms. The molecule has 0 saturated carbocycles. The van der Waals surface area contributed by atoms with Crippen LogP contribution in [-0.4, -0.2) is 25.2 Å².